The molecule has 0 saturated carbocycles. The fraction of sp³-hybridized carbons (Fsp3) is 0.391. The molecule has 1 amide bonds. The van der Waals surface area contributed by atoms with E-state index in [0.717, 1.165) is 50.1 Å². The van der Waals surface area contributed by atoms with Crippen molar-refractivity contribution in [2.75, 3.05) is 18.4 Å². The molecule has 1 saturated heterocycles. The first kappa shape index (κ1) is 20.9. The van der Waals surface area contributed by atoms with Gasteiger partial charge in [0.2, 0.25) is 5.91 Å². The molecule has 1 aliphatic rings. The number of hydrogen-bond acceptors (Lipinski definition) is 3. The molecule has 1 unspecified atom stereocenters. The Hall–Kier alpha value is -2.86. The van der Waals surface area contributed by atoms with Crippen LogP contribution in [0.15, 0.2) is 53.5 Å². The first-order valence-corrected chi connectivity index (χ1v) is 10.3. The smallest absolute Gasteiger partial charge is 0.221 e. The zero-order valence-electron chi connectivity index (χ0n) is 17.1. The zero-order chi connectivity index (χ0) is 20.6. The van der Waals surface area contributed by atoms with Crippen molar-refractivity contribution in [3.8, 4) is 0 Å². The van der Waals surface area contributed by atoms with Crippen molar-refractivity contribution in [3.63, 3.8) is 0 Å². The van der Waals surface area contributed by atoms with Crippen LogP contribution < -0.4 is 16.8 Å². The van der Waals surface area contributed by atoms with E-state index in [2.05, 4.69) is 52.5 Å². The summed E-state index contributed by atoms with van der Waals surface area (Å²) in [5, 5.41) is 3.16. The molecule has 1 heterocycles. The van der Waals surface area contributed by atoms with Gasteiger partial charge in [0.1, 0.15) is 0 Å². The molecule has 2 aromatic rings. The molecule has 0 radical (unpaired) electrons. The van der Waals surface area contributed by atoms with E-state index < -0.39 is 0 Å². The average molecular weight is 394 g/mol. The van der Waals surface area contributed by atoms with Gasteiger partial charge in [0.25, 0.3) is 0 Å². The summed E-state index contributed by atoms with van der Waals surface area (Å²) >= 11 is 0. The number of nitrogens with two attached hydrogens (primary N) is 2. The summed E-state index contributed by atoms with van der Waals surface area (Å²) in [6.07, 6.45) is 2.89. The Bertz CT molecular complexity index is 864. The third-order valence-corrected chi connectivity index (χ3v) is 5.35. The van der Waals surface area contributed by atoms with Crippen molar-refractivity contribution >= 4 is 17.6 Å². The van der Waals surface area contributed by atoms with Gasteiger partial charge in [0.05, 0.1) is 12.5 Å². The lowest BCUT2D eigenvalue weighted by molar-refractivity contribution is -0.123. The van der Waals surface area contributed by atoms with E-state index >= 15 is 0 Å². The SMILES string of the molecule is CCc1cccc(NC(N)=NCc2cccc(CN3CCCC(C(N)=O)C3)c2)c1. The molecule has 0 aliphatic carbocycles. The lowest BCUT2D eigenvalue weighted by atomic mass is 9.97. The van der Waals surface area contributed by atoms with Gasteiger partial charge in [-0.3, -0.25) is 9.69 Å². The van der Waals surface area contributed by atoms with Crippen LogP contribution in [0.3, 0.4) is 0 Å². The highest BCUT2D eigenvalue weighted by atomic mass is 16.1. The number of primary amides is 1. The fourth-order valence-corrected chi connectivity index (χ4v) is 3.75. The molecule has 2 aromatic carbocycles. The molecule has 1 fully saturated rings. The van der Waals surface area contributed by atoms with Gasteiger partial charge in [0.15, 0.2) is 5.96 Å². The zero-order valence-corrected chi connectivity index (χ0v) is 17.1. The van der Waals surface area contributed by atoms with Crippen LogP contribution in [0, 0.1) is 5.92 Å². The van der Waals surface area contributed by atoms with Crippen LogP contribution in [0.1, 0.15) is 36.5 Å². The topological polar surface area (TPSA) is 96.7 Å². The molecule has 6 nitrogen and oxygen atoms in total. The van der Waals surface area contributed by atoms with Crippen molar-refractivity contribution in [1.82, 2.24) is 4.90 Å². The molecular formula is C23H31N5O. The van der Waals surface area contributed by atoms with Crippen LogP contribution in [0.4, 0.5) is 5.69 Å². The number of carbonyl (C=O) groups is 1. The number of benzene rings is 2. The molecule has 1 atom stereocenters. The van der Waals surface area contributed by atoms with E-state index in [0.29, 0.717) is 12.5 Å². The number of anilines is 1. The number of carbonyl (C=O) groups excluding carboxylic acids is 1. The summed E-state index contributed by atoms with van der Waals surface area (Å²) in [6, 6.07) is 16.5. The van der Waals surface area contributed by atoms with Crippen molar-refractivity contribution in [2.24, 2.45) is 22.4 Å². The molecule has 154 valence electrons. The minimum Gasteiger partial charge on any atom is -0.370 e. The van der Waals surface area contributed by atoms with E-state index in [1.807, 2.05) is 18.2 Å². The summed E-state index contributed by atoms with van der Waals surface area (Å²) < 4.78 is 0. The van der Waals surface area contributed by atoms with Crippen LogP contribution in [-0.4, -0.2) is 29.9 Å². The summed E-state index contributed by atoms with van der Waals surface area (Å²) in [6.45, 7) is 5.20. The van der Waals surface area contributed by atoms with Gasteiger partial charge in [0, 0.05) is 18.8 Å². The number of hydrogen-bond donors (Lipinski definition) is 3. The highest BCUT2D eigenvalue weighted by Crippen LogP contribution is 2.19. The van der Waals surface area contributed by atoms with Crippen LogP contribution >= 0.6 is 0 Å². The molecule has 1 aliphatic heterocycles. The maximum absolute atomic E-state index is 11.5. The summed E-state index contributed by atoms with van der Waals surface area (Å²) in [5.74, 6) is 0.183. The fourth-order valence-electron chi connectivity index (χ4n) is 3.75. The Labute approximate surface area is 173 Å². The first-order chi connectivity index (χ1) is 14.0. The first-order valence-electron chi connectivity index (χ1n) is 10.3. The van der Waals surface area contributed by atoms with E-state index in [1.54, 1.807) is 0 Å². The second-order valence-corrected chi connectivity index (χ2v) is 7.68. The van der Waals surface area contributed by atoms with Gasteiger partial charge in [-0.2, -0.15) is 0 Å². The molecule has 0 spiro atoms. The molecule has 6 heteroatoms. The Kier molecular flexibility index (Phi) is 7.25. The Morgan fingerprint density at radius 1 is 1.14 bits per heavy atom. The van der Waals surface area contributed by atoms with Crippen LogP contribution in [0.5, 0.6) is 0 Å². The standard InChI is InChI=1S/C23H31N5O/c1-2-17-6-4-10-21(13-17)27-23(25)26-14-18-7-3-8-19(12-18)15-28-11-5-9-20(16-28)22(24)29/h3-4,6-8,10,12-13,20H,2,5,9,11,14-16H2,1H3,(H2,24,29)(H3,25,26,27). The van der Waals surface area contributed by atoms with Gasteiger partial charge in [-0.05, 0) is 54.6 Å². The van der Waals surface area contributed by atoms with Gasteiger partial charge >= 0.3 is 0 Å². The number of rotatable bonds is 7. The third kappa shape index (κ3) is 6.32. The Morgan fingerprint density at radius 3 is 2.69 bits per heavy atom. The van der Waals surface area contributed by atoms with E-state index in [1.165, 1.54) is 11.1 Å². The van der Waals surface area contributed by atoms with Crippen molar-refractivity contribution in [1.29, 1.82) is 0 Å². The second kappa shape index (κ2) is 10.1. The minimum atomic E-state index is -0.190. The van der Waals surface area contributed by atoms with Crippen molar-refractivity contribution in [2.45, 2.75) is 39.3 Å². The number of guanidine groups is 1. The second-order valence-electron chi connectivity index (χ2n) is 7.68. The monoisotopic (exact) mass is 393 g/mol. The lowest BCUT2D eigenvalue weighted by Crippen LogP contribution is -2.40. The third-order valence-electron chi connectivity index (χ3n) is 5.35. The van der Waals surface area contributed by atoms with Crippen molar-refractivity contribution < 1.29 is 4.79 Å². The maximum atomic E-state index is 11.5. The minimum absolute atomic E-state index is 0.0337. The van der Waals surface area contributed by atoms with E-state index in [4.69, 9.17) is 11.5 Å². The van der Waals surface area contributed by atoms with Crippen molar-refractivity contribution in [3.05, 3.63) is 65.2 Å². The van der Waals surface area contributed by atoms with Gasteiger partial charge in [-0.1, -0.05) is 43.3 Å². The Morgan fingerprint density at radius 2 is 1.90 bits per heavy atom. The highest BCUT2D eigenvalue weighted by molar-refractivity contribution is 5.92. The quantitative estimate of drug-likeness (QED) is 0.498. The van der Waals surface area contributed by atoms with E-state index in [9.17, 15) is 4.79 Å². The number of nitrogens with one attached hydrogen (secondary N) is 1. The number of nitrogens with zero attached hydrogens (tertiary/aromatic N) is 2. The van der Waals surface area contributed by atoms with Crippen LogP contribution in [0.2, 0.25) is 0 Å². The Balaban J connectivity index is 1.57. The summed E-state index contributed by atoms with van der Waals surface area (Å²) in [7, 11) is 0. The molecule has 5 N–H and O–H groups in total. The summed E-state index contributed by atoms with van der Waals surface area (Å²) in [5.41, 5.74) is 16.1. The largest absolute Gasteiger partial charge is 0.370 e. The average Bonchev–Trinajstić information content (AvgIpc) is 2.73. The number of aryl methyl sites for hydroxylation is 1. The molecule has 3 rings (SSSR count). The maximum Gasteiger partial charge on any atom is 0.221 e. The number of piperidine rings is 1. The van der Waals surface area contributed by atoms with E-state index in [-0.39, 0.29) is 11.8 Å². The predicted octanol–water partition coefficient (Wildman–Crippen LogP) is 2.87. The normalized spacial score (nSPS) is 17.8. The van der Waals surface area contributed by atoms with Gasteiger partial charge in [-0.25, -0.2) is 4.99 Å². The van der Waals surface area contributed by atoms with Gasteiger partial charge < -0.3 is 16.8 Å². The number of aliphatic imine (C=N–C) groups is 1. The molecule has 29 heavy (non-hydrogen) atoms. The number of amides is 1. The van der Waals surface area contributed by atoms with Crippen LogP contribution in [0.25, 0.3) is 0 Å². The lowest BCUT2D eigenvalue weighted by Gasteiger charge is -2.31. The summed E-state index contributed by atoms with van der Waals surface area (Å²) in [4.78, 5) is 18.3. The van der Waals surface area contributed by atoms with Gasteiger partial charge in [-0.15, -0.1) is 0 Å². The predicted molar refractivity (Wildman–Crippen MR) is 118 cm³/mol. The van der Waals surface area contributed by atoms with Crippen LogP contribution in [-0.2, 0) is 24.3 Å². The molecule has 0 bridgehead atoms. The molecular weight excluding hydrogens is 362 g/mol. The highest BCUT2D eigenvalue weighted by Gasteiger charge is 2.23. The molecule has 0 aromatic heterocycles. The number of likely N-dealkylation sites (tertiary alicyclic amines) is 1.